The summed E-state index contributed by atoms with van der Waals surface area (Å²) in [5.41, 5.74) is 1.72. The Labute approximate surface area is 143 Å². The van der Waals surface area contributed by atoms with Crippen LogP contribution in [0.2, 0.25) is 10.0 Å². The minimum absolute atomic E-state index is 0.419. The Bertz CT molecular complexity index is 775. The Morgan fingerprint density at radius 3 is 2.39 bits per heavy atom. The topological polar surface area (TPSA) is 62.7 Å². The van der Waals surface area contributed by atoms with Gasteiger partial charge in [0.05, 0.1) is 21.9 Å². The summed E-state index contributed by atoms with van der Waals surface area (Å²) in [6, 6.07) is 15.2. The maximum atomic E-state index is 6.13. The molecular formula is C16H13Cl2N5. The SMILES string of the molecule is Clc1cccc(Cl)c1Nc1cnnc(NCc2ccccc2)n1. The average molecular weight is 346 g/mol. The van der Waals surface area contributed by atoms with Crippen molar-refractivity contribution in [1.29, 1.82) is 0 Å². The zero-order valence-corrected chi connectivity index (χ0v) is 13.5. The van der Waals surface area contributed by atoms with E-state index in [1.165, 1.54) is 6.20 Å². The van der Waals surface area contributed by atoms with Gasteiger partial charge >= 0.3 is 0 Å². The van der Waals surface area contributed by atoms with Gasteiger partial charge in [-0.05, 0) is 17.7 Å². The normalized spacial score (nSPS) is 10.3. The molecule has 0 aliphatic rings. The molecule has 0 atom stereocenters. The van der Waals surface area contributed by atoms with Gasteiger partial charge in [0.15, 0.2) is 5.82 Å². The first-order valence-electron chi connectivity index (χ1n) is 6.91. The maximum absolute atomic E-state index is 6.13. The molecule has 0 spiro atoms. The fourth-order valence-electron chi connectivity index (χ4n) is 1.96. The molecule has 0 aliphatic carbocycles. The van der Waals surface area contributed by atoms with Crippen molar-refractivity contribution in [2.45, 2.75) is 6.54 Å². The summed E-state index contributed by atoms with van der Waals surface area (Å²) in [6.07, 6.45) is 1.51. The van der Waals surface area contributed by atoms with Crippen molar-refractivity contribution in [3.8, 4) is 0 Å². The van der Waals surface area contributed by atoms with E-state index in [0.29, 0.717) is 34.0 Å². The molecule has 116 valence electrons. The fraction of sp³-hybridized carbons (Fsp3) is 0.0625. The van der Waals surface area contributed by atoms with Crippen LogP contribution in [0.25, 0.3) is 0 Å². The lowest BCUT2D eigenvalue weighted by Gasteiger charge is -2.10. The van der Waals surface area contributed by atoms with E-state index in [0.717, 1.165) is 5.56 Å². The Balaban J connectivity index is 1.72. The van der Waals surface area contributed by atoms with E-state index in [9.17, 15) is 0 Å². The highest BCUT2D eigenvalue weighted by atomic mass is 35.5. The van der Waals surface area contributed by atoms with Crippen molar-refractivity contribution in [2.24, 2.45) is 0 Å². The van der Waals surface area contributed by atoms with Crippen LogP contribution < -0.4 is 10.6 Å². The molecule has 2 aromatic carbocycles. The van der Waals surface area contributed by atoms with Gasteiger partial charge in [0, 0.05) is 6.54 Å². The minimum Gasteiger partial charge on any atom is -0.349 e. The number of hydrogen-bond donors (Lipinski definition) is 2. The predicted molar refractivity (Wildman–Crippen MR) is 93.3 cm³/mol. The number of aromatic nitrogens is 3. The quantitative estimate of drug-likeness (QED) is 0.710. The van der Waals surface area contributed by atoms with Crippen LogP contribution in [-0.4, -0.2) is 15.2 Å². The van der Waals surface area contributed by atoms with Crippen LogP contribution in [-0.2, 0) is 6.54 Å². The first kappa shape index (κ1) is 15.5. The summed E-state index contributed by atoms with van der Waals surface area (Å²) in [5.74, 6) is 0.924. The number of benzene rings is 2. The van der Waals surface area contributed by atoms with Crippen LogP contribution in [0.15, 0.2) is 54.7 Å². The van der Waals surface area contributed by atoms with Gasteiger partial charge < -0.3 is 10.6 Å². The number of anilines is 3. The number of para-hydroxylation sites is 1. The lowest BCUT2D eigenvalue weighted by Crippen LogP contribution is -2.06. The largest absolute Gasteiger partial charge is 0.349 e. The first-order valence-corrected chi connectivity index (χ1v) is 7.66. The molecular weight excluding hydrogens is 333 g/mol. The lowest BCUT2D eigenvalue weighted by atomic mass is 10.2. The highest BCUT2D eigenvalue weighted by molar-refractivity contribution is 6.39. The molecule has 0 amide bonds. The van der Waals surface area contributed by atoms with Gasteiger partial charge in [0.2, 0.25) is 5.95 Å². The summed E-state index contributed by atoms with van der Waals surface area (Å²) in [5, 5.41) is 15.1. The summed E-state index contributed by atoms with van der Waals surface area (Å²) >= 11 is 12.3. The van der Waals surface area contributed by atoms with Gasteiger partial charge in [0.1, 0.15) is 0 Å². The van der Waals surface area contributed by atoms with E-state index < -0.39 is 0 Å². The second kappa shape index (κ2) is 7.26. The van der Waals surface area contributed by atoms with Crippen LogP contribution >= 0.6 is 23.2 Å². The third-order valence-electron chi connectivity index (χ3n) is 3.07. The van der Waals surface area contributed by atoms with Gasteiger partial charge in [-0.3, -0.25) is 0 Å². The molecule has 0 fully saturated rings. The molecule has 0 aliphatic heterocycles. The minimum atomic E-state index is 0.419. The van der Waals surface area contributed by atoms with E-state index in [-0.39, 0.29) is 0 Å². The van der Waals surface area contributed by atoms with E-state index in [1.807, 2.05) is 30.3 Å². The number of nitrogens with zero attached hydrogens (tertiary/aromatic N) is 3. The molecule has 1 heterocycles. The molecule has 3 rings (SSSR count). The lowest BCUT2D eigenvalue weighted by molar-refractivity contribution is 0.949. The van der Waals surface area contributed by atoms with Crippen LogP contribution in [0.4, 0.5) is 17.5 Å². The van der Waals surface area contributed by atoms with Crippen LogP contribution in [0.1, 0.15) is 5.56 Å². The fourth-order valence-corrected chi connectivity index (χ4v) is 2.45. The van der Waals surface area contributed by atoms with Crippen molar-refractivity contribution < 1.29 is 0 Å². The summed E-state index contributed by atoms with van der Waals surface area (Å²) < 4.78 is 0. The second-order valence-corrected chi connectivity index (χ2v) is 5.54. The van der Waals surface area contributed by atoms with Crippen molar-refractivity contribution in [3.05, 3.63) is 70.3 Å². The molecule has 0 saturated heterocycles. The van der Waals surface area contributed by atoms with Crippen molar-refractivity contribution in [3.63, 3.8) is 0 Å². The molecule has 1 aromatic heterocycles. The molecule has 0 unspecified atom stereocenters. The third kappa shape index (κ3) is 4.09. The van der Waals surface area contributed by atoms with Gasteiger partial charge in [0.25, 0.3) is 0 Å². The first-order chi connectivity index (χ1) is 11.2. The number of nitrogens with one attached hydrogen (secondary N) is 2. The van der Waals surface area contributed by atoms with Crippen LogP contribution in [0.3, 0.4) is 0 Å². The van der Waals surface area contributed by atoms with Crippen LogP contribution in [0, 0.1) is 0 Å². The molecule has 0 bridgehead atoms. The third-order valence-corrected chi connectivity index (χ3v) is 3.70. The van der Waals surface area contributed by atoms with Gasteiger partial charge in [-0.2, -0.15) is 10.1 Å². The Hall–Kier alpha value is -2.37. The van der Waals surface area contributed by atoms with E-state index in [4.69, 9.17) is 23.2 Å². The van der Waals surface area contributed by atoms with Gasteiger partial charge in [-0.25, -0.2) is 0 Å². The monoisotopic (exact) mass is 345 g/mol. The molecule has 0 saturated carbocycles. The molecule has 7 heteroatoms. The zero-order chi connectivity index (χ0) is 16.1. The van der Waals surface area contributed by atoms with E-state index >= 15 is 0 Å². The maximum Gasteiger partial charge on any atom is 0.244 e. The number of rotatable bonds is 5. The van der Waals surface area contributed by atoms with E-state index in [2.05, 4.69) is 25.8 Å². The molecule has 5 nitrogen and oxygen atoms in total. The Kier molecular flexibility index (Phi) is 4.90. The van der Waals surface area contributed by atoms with Crippen LogP contribution in [0.5, 0.6) is 0 Å². The van der Waals surface area contributed by atoms with Crippen molar-refractivity contribution in [1.82, 2.24) is 15.2 Å². The standard InChI is InChI=1S/C16H13Cl2N5/c17-12-7-4-8-13(18)15(12)21-14-10-20-23-16(22-14)19-9-11-5-2-1-3-6-11/h1-8,10H,9H2,(H2,19,21,22,23). The molecule has 23 heavy (non-hydrogen) atoms. The number of halogens is 2. The summed E-state index contributed by atoms with van der Waals surface area (Å²) in [4.78, 5) is 4.35. The highest BCUT2D eigenvalue weighted by Gasteiger charge is 2.07. The second-order valence-electron chi connectivity index (χ2n) is 4.73. The van der Waals surface area contributed by atoms with Gasteiger partial charge in [-0.15, -0.1) is 5.10 Å². The van der Waals surface area contributed by atoms with E-state index in [1.54, 1.807) is 18.2 Å². The molecule has 2 N–H and O–H groups in total. The average Bonchev–Trinajstić information content (AvgIpc) is 2.58. The summed E-state index contributed by atoms with van der Waals surface area (Å²) in [7, 11) is 0. The summed E-state index contributed by atoms with van der Waals surface area (Å²) in [6.45, 7) is 0.610. The number of hydrogen-bond acceptors (Lipinski definition) is 5. The highest BCUT2D eigenvalue weighted by Crippen LogP contribution is 2.31. The Morgan fingerprint density at radius 1 is 0.913 bits per heavy atom. The van der Waals surface area contributed by atoms with Crippen molar-refractivity contribution >= 4 is 40.7 Å². The smallest absolute Gasteiger partial charge is 0.244 e. The van der Waals surface area contributed by atoms with Crippen molar-refractivity contribution in [2.75, 3.05) is 10.6 Å². The Morgan fingerprint density at radius 2 is 1.65 bits per heavy atom. The molecule has 3 aromatic rings. The zero-order valence-electron chi connectivity index (χ0n) is 12.0. The molecule has 0 radical (unpaired) electrons. The van der Waals surface area contributed by atoms with Gasteiger partial charge in [-0.1, -0.05) is 59.6 Å². The predicted octanol–water partition coefficient (Wildman–Crippen LogP) is 4.53.